The molecule has 5 rings (SSSR count). The van der Waals surface area contributed by atoms with E-state index in [0.29, 0.717) is 11.5 Å². The Labute approximate surface area is 144 Å². The highest BCUT2D eigenvalue weighted by Crippen LogP contribution is 2.48. The van der Waals surface area contributed by atoms with Crippen molar-refractivity contribution in [1.82, 2.24) is 0 Å². The van der Waals surface area contributed by atoms with Gasteiger partial charge in [-0.05, 0) is 85.8 Å². The Morgan fingerprint density at radius 2 is 1.12 bits per heavy atom. The van der Waals surface area contributed by atoms with Crippen molar-refractivity contribution in [2.75, 3.05) is 0 Å². The fourth-order valence-corrected chi connectivity index (χ4v) is 5.07. The molecule has 0 saturated heterocycles. The molecule has 0 bridgehead atoms. The molecule has 0 amide bonds. The molecule has 0 fully saturated rings. The van der Waals surface area contributed by atoms with Gasteiger partial charge in [0.15, 0.2) is 11.5 Å². The topological polar surface area (TPSA) is 35.5 Å². The van der Waals surface area contributed by atoms with Gasteiger partial charge < -0.3 is 8.37 Å². The molecule has 0 atom stereocenters. The van der Waals surface area contributed by atoms with E-state index in [4.69, 9.17) is 8.37 Å². The second-order valence-corrected chi connectivity index (χ2v) is 7.68. The van der Waals surface area contributed by atoms with Crippen LogP contribution >= 0.6 is 0 Å². The molecule has 24 heavy (non-hydrogen) atoms. The molecule has 1 aliphatic heterocycles. The molecule has 0 radical (unpaired) electrons. The van der Waals surface area contributed by atoms with Crippen LogP contribution in [0.1, 0.15) is 47.9 Å². The molecule has 2 aromatic carbocycles. The van der Waals surface area contributed by atoms with Crippen LogP contribution in [0.3, 0.4) is 0 Å². The van der Waals surface area contributed by atoms with E-state index in [0.717, 1.165) is 36.8 Å². The molecule has 0 spiro atoms. The molecule has 3 nitrogen and oxygen atoms in total. The minimum atomic E-state index is -1.78. The Balaban J connectivity index is 1.85. The summed E-state index contributed by atoms with van der Waals surface area (Å²) in [5, 5.41) is 0. The fourth-order valence-electron chi connectivity index (χ4n) is 4.46. The summed E-state index contributed by atoms with van der Waals surface area (Å²) in [6, 6.07) is 8.26. The summed E-state index contributed by atoms with van der Waals surface area (Å²) in [7, 11) is 0. The molecule has 2 aromatic rings. The van der Waals surface area contributed by atoms with Gasteiger partial charge in [-0.1, -0.05) is 12.1 Å². The first kappa shape index (κ1) is 14.5. The van der Waals surface area contributed by atoms with Crippen LogP contribution < -0.4 is 8.37 Å². The zero-order valence-corrected chi connectivity index (χ0v) is 14.4. The van der Waals surface area contributed by atoms with Crippen molar-refractivity contribution in [3.05, 3.63) is 46.5 Å². The summed E-state index contributed by atoms with van der Waals surface area (Å²) in [5.74, 6) is 1.43. The average molecular weight is 340 g/mol. The van der Waals surface area contributed by atoms with Gasteiger partial charge in [0.25, 0.3) is 0 Å². The summed E-state index contributed by atoms with van der Waals surface area (Å²) in [5.41, 5.74) is 7.87. The quantitative estimate of drug-likeness (QED) is 0.710. The van der Waals surface area contributed by atoms with Crippen molar-refractivity contribution in [3.8, 4) is 22.6 Å². The zero-order chi connectivity index (χ0) is 16.1. The molecule has 4 heteroatoms. The van der Waals surface area contributed by atoms with E-state index in [1.54, 1.807) is 0 Å². The molecule has 0 saturated carbocycles. The third-order valence-corrected chi connectivity index (χ3v) is 6.19. The van der Waals surface area contributed by atoms with Crippen molar-refractivity contribution in [2.24, 2.45) is 0 Å². The SMILES string of the molecule is O=S1Oc2ccc3c(c2-c2c(ccc4c2CCCC4)O1)CCCC3. The Morgan fingerprint density at radius 3 is 1.62 bits per heavy atom. The number of rotatable bonds is 0. The Kier molecular flexibility index (Phi) is 3.40. The smallest absolute Gasteiger partial charge is 0.370 e. The second-order valence-electron chi connectivity index (χ2n) is 6.94. The monoisotopic (exact) mass is 340 g/mol. The number of hydrogen-bond donors (Lipinski definition) is 0. The maximum atomic E-state index is 12.2. The minimum absolute atomic E-state index is 0.715. The number of fused-ring (bicyclic) bond motifs is 7. The summed E-state index contributed by atoms with van der Waals surface area (Å²) in [6.07, 6.45) is 9.28. The van der Waals surface area contributed by atoms with Crippen molar-refractivity contribution in [3.63, 3.8) is 0 Å². The van der Waals surface area contributed by atoms with E-state index in [-0.39, 0.29) is 0 Å². The number of hydrogen-bond acceptors (Lipinski definition) is 3. The third kappa shape index (κ3) is 2.20. The predicted molar refractivity (Wildman–Crippen MR) is 94.6 cm³/mol. The summed E-state index contributed by atoms with van der Waals surface area (Å²) in [6.45, 7) is 0. The zero-order valence-electron chi connectivity index (χ0n) is 13.6. The van der Waals surface area contributed by atoms with Gasteiger partial charge in [-0.2, -0.15) is 4.21 Å². The van der Waals surface area contributed by atoms with Crippen LogP contribution in [0.4, 0.5) is 0 Å². The van der Waals surface area contributed by atoms with E-state index in [2.05, 4.69) is 12.1 Å². The standard InChI is InChI=1S/C20H20O3S/c21-24-22-17-11-9-13-5-1-3-7-15(13)19(17)20-16-8-4-2-6-14(16)10-12-18(20)23-24/h9-12H,1-8H2. The molecule has 1 heterocycles. The van der Waals surface area contributed by atoms with Crippen molar-refractivity contribution < 1.29 is 12.6 Å². The minimum Gasteiger partial charge on any atom is -0.370 e. The number of benzene rings is 2. The first-order chi connectivity index (χ1) is 11.8. The van der Waals surface area contributed by atoms with E-state index < -0.39 is 11.4 Å². The van der Waals surface area contributed by atoms with Crippen LogP contribution in [0.5, 0.6) is 11.5 Å². The van der Waals surface area contributed by atoms with Crippen LogP contribution in [-0.2, 0) is 37.0 Å². The van der Waals surface area contributed by atoms with Crippen LogP contribution in [0.15, 0.2) is 24.3 Å². The first-order valence-electron chi connectivity index (χ1n) is 8.89. The second kappa shape index (κ2) is 5.62. The van der Waals surface area contributed by atoms with E-state index in [9.17, 15) is 4.21 Å². The van der Waals surface area contributed by atoms with Gasteiger partial charge in [-0.3, -0.25) is 0 Å². The van der Waals surface area contributed by atoms with Crippen molar-refractivity contribution >= 4 is 11.4 Å². The van der Waals surface area contributed by atoms with Crippen molar-refractivity contribution in [1.29, 1.82) is 0 Å². The molecule has 0 aromatic heterocycles. The summed E-state index contributed by atoms with van der Waals surface area (Å²) < 4.78 is 23.5. The van der Waals surface area contributed by atoms with Crippen LogP contribution in [0.2, 0.25) is 0 Å². The highest BCUT2D eigenvalue weighted by Gasteiger charge is 2.30. The lowest BCUT2D eigenvalue weighted by Crippen LogP contribution is -2.09. The van der Waals surface area contributed by atoms with Gasteiger partial charge >= 0.3 is 11.4 Å². The van der Waals surface area contributed by atoms with Gasteiger partial charge in [-0.15, -0.1) is 0 Å². The molecule has 124 valence electrons. The third-order valence-electron chi connectivity index (χ3n) is 5.55. The molecule has 2 aliphatic carbocycles. The van der Waals surface area contributed by atoms with Crippen molar-refractivity contribution in [2.45, 2.75) is 51.4 Å². The highest BCUT2D eigenvalue weighted by atomic mass is 32.2. The Hall–Kier alpha value is -1.81. The Morgan fingerprint density at radius 1 is 0.667 bits per heavy atom. The van der Waals surface area contributed by atoms with E-state index >= 15 is 0 Å². The molecule has 3 aliphatic rings. The normalized spacial score (nSPS) is 19.0. The average Bonchev–Trinajstić information content (AvgIpc) is 2.77. The van der Waals surface area contributed by atoms with Crippen LogP contribution in [0.25, 0.3) is 11.1 Å². The predicted octanol–water partition coefficient (Wildman–Crippen LogP) is 4.46. The largest absolute Gasteiger partial charge is 0.417 e. The maximum absolute atomic E-state index is 12.2. The lowest BCUT2D eigenvalue weighted by atomic mass is 9.80. The fraction of sp³-hybridized carbons (Fsp3) is 0.400. The molecular weight excluding hydrogens is 320 g/mol. The van der Waals surface area contributed by atoms with E-state index in [1.807, 2.05) is 12.1 Å². The van der Waals surface area contributed by atoms with Gasteiger partial charge in [0.1, 0.15) is 0 Å². The number of aryl methyl sites for hydroxylation is 2. The van der Waals surface area contributed by atoms with Gasteiger partial charge in [0.05, 0.1) is 0 Å². The van der Waals surface area contributed by atoms with Gasteiger partial charge in [0, 0.05) is 11.1 Å². The Bertz CT molecular complexity index is 787. The lowest BCUT2D eigenvalue weighted by Gasteiger charge is -2.25. The van der Waals surface area contributed by atoms with Gasteiger partial charge in [-0.25, -0.2) is 0 Å². The van der Waals surface area contributed by atoms with Crippen LogP contribution in [-0.4, -0.2) is 4.21 Å². The molecule has 0 N–H and O–H groups in total. The van der Waals surface area contributed by atoms with Crippen LogP contribution in [0, 0.1) is 0 Å². The highest BCUT2D eigenvalue weighted by molar-refractivity contribution is 7.76. The summed E-state index contributed by atoms with van der Waals surface area (Å²) >= 11 is -1.78. The molecular formula is C20H20O3S. The molecule has 0 unspecified atom stereocenters. The lowest BCUT2D eigenvalue weighted by molar-refractivity contribution is 0.468. The van der Waals surface area contributed by atoms with Gasteiger partial charge in [0.2, 0.25) is 0 Å². The summed E-state index contributed by atoms with van der Waals surface area (Å²) in [4.78, 5) is 0. The first-order valence-corrected chi connectivity index (χ1v) is 9.89. The maximum Gasteiger partial charge on any atom is 0.417 e. The van der Waals surface area contributed by atoms with E-state index in [1.165, 1.54) is 47.9 Å².